The van der Waals surface area contributed by atoms with Gasteiger partial charge in [0.15, 0.2) is 0 Å². The molecule has 1 saturated heterocycles. The van der Waals surface area contributed by atoms with Crippen LogP contribution in [0.4, 0.5) is 0 Å². The van der Waals surface area contributed by atoms with E-state index in [0.29, 0.717) is 23.7 Å². The van der Waals surface area contributed by atoms with Gasteiger partial charge in [-0.25, -0.2) is 0 Å². The number of nitrogens with one attached hydrogen (secondary N) is 1. The minimum Gasteiger partial charge on any atom is -0.314 e. The number of nitrogens with zero attached hydrogens (tertiary/aromatic N) is 2. The summed E-state index contributed by atoms with van der Waals surface area (Å²) in [7, 11) is 2.03. The molecule has 0 aliphatic carbocycles. The molecule has 2 amide bonds. The number of carbonyl (C=O) groups is 2. The lowest BCUT2D eigenvalue weighted by Crippen LogP contribution is -2.57. The largest absolute Gasteiger partial charge is 0.314 e. The first kappa shape index (κ1) is 12.3. The maximum atomic E-state index is 12.1. The van der Waals surface area contributed by atoms with Crippen LogP contribution >= 0.6 is 0 Å². The molecule has 1 aromatic rings. The third kappa shape index (κ3) is 2.05. The zero-order valence-electron chi connectivity index (χ0n) is 10.9. The van der Waals surface area contributed by atoms with Gasteiger partial charge in [0.25, 0.3) is 11.8 Å². The van der Waals surface area contributed by atoms with Crippen LogP contribution in [0, 0.1) is 0 Å². The fourth-order valence-corrected chi connectivity index (χ4v) is 2.47. The summed E-state index contributed by atoms with van der Waals surface area (Å²) < 4.78 is 0. The van der Waals surface area contributed by atoms with E-state index >= 15 is 0 Å². The van der Waals surface area contributed by atoms with Gasteiger partial charge < -0.3 is 5.32 Å². The molecule has 0 aromatic heterocycles. The molecule has 5 nitrogen and oxygen atoms in total. The summed E-state index contributed by atoms with van der Waals surface area (Å²) >= 11 is 0. The van der Waals surface area contributed by atoms with Crippen LogP contribution in [0.5, 0.6) is 0 Å². The van der Waals surface area contributed by atoms with E-state index in [1.807, 2.05) is 7.05 Å². The molecule has 2 aliphatic rings. The summed E-state index contributed by atoms with van der Waals surface area (Å²) in [5.41, 5.74) is 1.06. The third-order valence-electron chi connectivity index (χ3n) is 3.94. The Morgan fingerprint density at radius 1 is 1.21 bits per heavy atom. The zero-order chi connectivity index (χ0) is 13.4. The molecule has 0 atom stereocenters. The van der Waals surface area contributed by atoms with Gasteiger partial charge in [0.05, 0.1) is 11.1 Å². The first-order chi connectivity index (χ1) is 9.18. The van der Waals surface area contributed by atoms with Crippen LogP contribution < -0.4 is 5.32 Å². The number of carbonyl (C=O) groups excluding carboxylic acids is 2. The Kier molecular flexibility index (Phi) is 3.08. The van der Waals surface area contributed by atoms with Gasteiger partial charge in [-0.2, -0.15) is 0 Å². The minimum atomic E-state index is -0.166. The van der Waals surface area contributed by atoms with Crippen molar-refractivity contribution in [1.29, 1.82) is 0 Å². The zero-order valence-corrected chi connectivity index (χ0v) is 10.9. The van der Waals surface area contributed by atoms with Crippen LogP contribution in [-0.4, -0.2) is 60.9 Å². The highest BCUT2D eigenvalue weighted by atomic mass is 16.2. The molecule has 0 spiro atoms. The molecule has 0 saturated carbocycles. The molecular formula is C14H17N3O2. The highest BCUT2D eigenvalue weighted by Crippen LogP contribution is 2.22. The maximum absolute atomic E-state index is 12.1. The van der Waals surface area contributed by atoms with Crippen LogP contribution in [0.15, 0.2) is 24.3 Å². The average Bonchev–Trinajstić information content (AvgIpc) is 2.59. The Morgan fingerprint density at radius 3 is 2.26 bits per heavy atom. The Bertz CT molecular complexity index is 490. The first-order valence-electron chi connectivity index (χ1n) is 6.54. The van der Waals surface area contributed by atoms with Gasteiger partial charge in [-0.15, -0.1) is 0 Å². The number of likely N-dealkylation sites (N-methyl/N-ethyl adjacent to an activating group) is 1. The lowest BCUT2D eigenvalue weighted by Gasteiger charge is -2.36. The Hall–Kier alpha value is -1.72. The van der Waals surface area contributed by atoms with Crippen LogP contribution in [0.25, 0.3) is 0 Å². The lowest BCUT2D eigenvalue weighted by molar-refractivity contribution is 0.0624. The number of hydrogen-bond acceptors (Lipinski definition) is 4. The van der Waals surface area contributed by atoms with E-state index in [1.165, 1.54) is 4.90 Å². The fraction of sp³-hybridized carbons (Fsp3) is 0.429. The van der Waals surface area contributed by atoms with Crippen molar-refractivity contribution in [3.8, 4) is 0 Å². The van der Waals surface area contributed by atoms with E-state index in [0.717, 1.165) is 19.6 Å². The molecule has 2 aliphatic heterocycles. The Labute approximate surface area is 112 Å². The molecule has 1 N–H and O–H groups in total. The van der Waals surface area contributed by atoms with Crippen LogP contribution in [0.2, 0.25) is 0 Å². The van der Waals surface area contributed by atoms with Crippen molar-refractivity contribution in [1.82, 2.24) is 15.1 Å². The molecule has 3 rings (SSSR count). The molecule has 0 unspecified atom stereocenters. The van der Waals surface area contributed by atoms with Crippen LogP contribution in [0.3, 0.4) is 0 Å². The minimum absolute atomic E-state index is 0.166. The van der Waals surface area contributed by atoms with Gasteiger partial charge in [-0.05, 0) is 19.2 Å². The van der Waals surface area contributed by atoms with Crippen molar-refractivity contribution < 1.29 is 9.59 Å². The molecule has 0 radical (unpaired) electrons. The highest BCUT2D eigenvalue weighted by molar-refractivity contribution is 6.21. The van der Waals surface area contributed by atoms with E-state index in [2.05, 4.69) is 10.2 Å². The van der Waals surface area contributed by atoms with E-state index in [-0.39, 0.29) is 11.8 Å². The van der Waals surface area contributed by atoms with Gasteiger partial charge >= 0.3 is 0 Å². The van der Waals surface area contributed by atoms with Gasteiger partial charge in [0.2, 0.25) is 0 Å². The number of hydrogen-bond donors (Lipinski definition) is 1. The topological polar surface area (TPSA) is 52.7 Å². The summed E-state index contributed by atoms with van der Waals surface area (Å²) in [5.74, 6) is -0.332. The summed E-state index contributed by atoms with van der Waals surface area (Å²) in [6, 6.07) is 7.54. The lowest BCUT2D eigenvalue weighted by atomic mass is 10.1. The molecular weight excluding hydrogens is 242 g/mol. The molecule has 1 fully saturated rings. The molecule has 2 heterocycles. The smallest absolute Gasteiger partial charge is 0.261 e. The predicted molar refractivity (Wildman–Crippen MR) is 71.1 cm³/mol. The van der Waals surface area contributed by atoms with E-state index in [4.69, 9.17) is 0 Å². The van der Waals surface area contributed by atoms with Gasteiger partial charge in [0.1, 0.15) is 0 Å². The van der Waals surface area contributed by atoms with E-state index in [9.17, 15) is 9.59 Å². The summed E-state index contributed by atoms with van der Waals surface area (Å²) in [6.45, 7) is 3.15. The van der Waals surface area contributed by atoms with E-state index < -0.39 is 0 Å². The quantitative estimate of drug-likeness (QED) is 0.784. The molecule has 19 heavy (non-hydrogen) atoms. The second-order valence-corrected chi connectivity index (χ2v) is 5.10. The van der Waals surface area contributed by atoms with E-state index in [1.54, 1.807) is 24.3 Å². The predicted octanol–water partition coefficient (Wildman–Crippen LogP) is 0.186. The van der Waals surface area contributed by atoms with Crippen molar-refractivity contribution >= 4 is 11.8 Å². The first-order valence-corrected chi connectivity index (χ1v) is 6.54. The summed E-state index contributed by atoms with van der Waals surface area (Å²) in [6.07, 6.45) is 0. The van der Waals surface area contributed by atoms with Crippen molar-refractivity contribution in [2.45, 2.75) is 6.04 Å². The SMILES string of the molecule is CN(CCN1C(=O)c2ccccc2C1=O)C1CNC1. The van der Waals surface area contributed by atoms with Crippen molar-refractivity contribution in [2.24, 2.45) is 0 Å². The summed E-state index contributed by atoms with van der Waals surface area (Å²) in [5, 5.41) is 3.21. The average molecular weight is 259 g/mol. The normalized spacial score (nSPS) is 18.9. The number of fused-ring (bicyclic) bond motifs is 1. The van der Waals surface area contributed by atoms with Crippen molar-refractivity contribution in [3.63, 3.8) is 0 Å². The van der Waals surface area contributed by atoms with Crippen LogP contribution in [-0.2, 0) is 0 Å². The fourth-order valence-electron chi connectivity index (χ4n) is 2.47. The molecule has 100 valence electrons. The standard InChI is InChI=1S/C14H17N3O2/c1-16(10-8-15-9-10)6-7-17-13(18)11-4-2-3-5-12(11)14(17)19/h2-5,10,15H,6-9H2,1H3. The molecule has 5 heteroatoms. The molecule has 1 aromatic carbocycles. The Morgan fingerprint density at radius 2 is 1.79 bits per heavy atom. The van der Waals surface area contributed by atoms with Gasteiger partial charge in [-0.1, -0.05) is 12.1 Å². The van der Waals surface area contributed by atoms with Gasteiger partial charge in [0, 0.05) is 32.2 Å². The highest BCUT2D eigenvalue weighted by Gasteiger charge is 2.35. The molecule has 0 bridgehead atoms. The number of rotatable bonds is 4. The second kappa shape index (κ2) is 4.75. The number of amides is 2. The summed E-state index contributed by atoms with van der Waals surface area (Å²) in [4.78, 5) is 27.8. The monoisotopic (exact) mass is 259 g/mol. The third-order valence-corrected chi connectivity index (χ3v) is 3.94. The van der Waals surface area contributed by atoms with Gasteiger partial charge in [-0.3, -0.25) is 19.4 Å². The van der Waals surface area contributed by atoms with Crippen molar-refractivity contribution in [2.75, 3.05) is 33.2 Å². The number of imide groups is 1. The van der Waals surface area contributed by atoms with Crippen LogP contribution in [0.1, 0.15) is 20.7 Å². The second-order valence-electron chi connectivity index (χ2n) is 5.10. The van der Waals surface area contributed by atoms with Crippen molar-refractivity contribution in [3.05, 3.63) is 35.4 Å². The number of benzene rings is 1. The maximum Gasteiger partial charge on any atom is 0.261 e. The Balaban J connectivity index is 1.66.